The summed E-state index contributed by atoms with van der Waals surface area (Å²) in [6, 6.07) is 5.58. The lowest BCUT2D eigenvalue weighted by Gasteiger charge is -2.42. The highest BCUT2D eigenvalue weighted by molar-refractivity contribution is 6.35. The molecule has 1 atom stereocenters. The Morgan fingerprint density at radius 2 is 2.13 bits per heavy atom. The van der Waals surface area contributed by atoms with Crippen LogP contribution in [-0.4, -0.2) is 39.0 Å². The van der Waals surface area contributed by atoms with Gasteiger partial charge >= 0.3 is 0 Å². The minimum Gasteiger partial charge on any atom is -0.327 e. The average molecular weight is 354 g/mol. The molecule has 5 nitrogen and oxygen atoms in total. The standard InChI is InChI=1S/C16H21Cl2N5/c1-16(2)10-22(6-5-15(16)19)8-12-9-23(21-20-12)14-4-3-11(17)7-13(14)18/h3-4,7,9,15H,5-6,8,10,19H2,1-2H3. The Morgan fingerprint density at radius 1 is 1.35 bits per heavy atom. The van der Waals surface area contributed by atoms with Crippen molar-refractivity contribution in [2.24, 2.45) is 11.1 Å². The van der Waals surface area contributed by atoms with Gasteiger partial charge in [-0.05, 0) is 30.0 Å². The van der Waals surface area contributed by atoms with Gasteiger partial charge in [-0.15, -0.1) is 5.10 Å². The summed E-state index contributed by atoms with van der Waals surface area (Å²) in [5.74, 6) is 0. The highest BCUT2D eigenvalue weighted by Gasteiger charge is 2.33. The lowest BCUT2D eigenvalue weighted by atomic mass is 9.80. The van der Waals surface area contributed by atoms with E-state index in [2.05, 4.69) is 29.1 Å². The van der Waals surface area contributed by atoms with Crippen molar-refractivity contribution in [2.45, 2.75) is 32.9 Å². The van der Waals surface area contributed by atoms with Crippen LogP contribution in [0.15, 0.2) is 24.4 Å². The first-order chi connectivity index (χ1) is 10.8. The Balaban J connectivity index is 1.73. The van der Waals surface area contributed by atoms with Gasteiger partial charge in [-0.1, -0.05) is 42.3 Å². The van der Waals surface area contributed by atoms with Gasteiger partial charge in [-0.25, -0.2) is 4.68 Å². The van der Waals surface area contributed by atoms with Crippen LogP contribution in [0, 0.1) is 5.41 Å². The molecular formula is C16H21Cl2N5. The number of aromatic nitrogens is 3. The second kappa shape index (κ2) is 6.40. The van der Waals surface area contributed by atoms with Crippen LogP contribution < -0.4 is 5.73 Å². The van der Waals surface area contributed by atoms with E-state index in [4.69, 9.17) is 28.9 Å². The van der Waals surface area contributed by atoms with Crippen molar-refractivity contribution in [1.82, 2.24) is 19.9 Å². The Bertz CT molecular complexity index is 698. The van der Waals surface area contributed by atoms with E-state index in [-0.39, 0.29) is 11.5 Å². The van der Waals surface area contributed by atoms with E-state index < -0.39 is 0 Å². The van der Waals surface area contributed by atoms with Crippen LogP contribution in [0.1, 0.15) is 26.0 Å². The number of nitrogens with zero attached hydrogens (tertiary/aromatic N) is 4. The van der Waals surface area contributed by atoms with Crippen LogP contribution in [0.25, 0.3) is 5.69 Å². The number of piperidine rings is 1. The fraction of sp³-hybridized carbons (Fsp3) is 0.500. The second-order valence-electron chi connectivity index (χ2n) is 6.84. The van der Waals surface area contributed by atoms with E-state index in [9.17, 15) is 0 Å². The number of likely N-dealkylation sites (tertiary alicyclic amines) is 1. The van der Waals surface area contributed by atoms with Crippen LogP contribution >= 0.6 is 23.2 Å². The normalized spacial score (nSPS) is 21.5. The Morgan fingerprint density at radius 3 is 2.83 bits per heavy atom. The molecule has 1 fully saturated rings. The van der Waals surface area contributed by atoms with E-state index >= 15 is 0 Å². The highest BCUT2D eigenvalue weighted by Crippen LogP contribution is 2.28. The molecule has 0 aliphatic carbocycles. The minimum absolute atomic E-state index is 0.119. The maximum absolute atomic E-state index is 6.22. The summed E-state index contributed by atoms with van der Waals surface area (Å²) in [4.78, 5) is 2.38. The molecule has 2 heterocycles. The van der Waals surface area contributed by atoms with Gasteiger partial charge in [0.05, 0.1) is 22.6 Å². The summed E-state index contributed by atoms with van der Waals surface area (Å²) in [5, 5.41) is 9.60. The predicted octanol–water partition coefficient (Wildman–Crippen LogP) is 3.13. The van der Waals surface area contributed by atoms with E-state index in [1.54, 1.807) is 16.8 Å². The number of nitrogens with two attached hydrogens (primary N) is 1. The Kier molecular flexibility index (Phi) is 4.65. The zero-order valence-corrected chi connectivity index (χ0v) is 14.8. The van der Waals surface area contributed by atoms with E-state index in [0.29, 0.717) is 10.0 Å². The predicted molar refractivity (Wildman–Crippen MR) is 93.0 cm³/mol. The van der Waals surface area contributed by atoms with Gasteiger partial charge < -0.3 is 5.73 Å². The quantitative estimate of drug-likeness (QED) is 0.920. The van der Waals surface area contributed by atoms with Crippen molar-refractivity contribution < 1.29 is 0 Å². The van der Waals surface area contributed by atoms with Crippen LogP contribution in [0.5, 0.6) is 0 Å². The summed E-state index contributed by atoms with van der Waals surface area (Å²) in [6.07, 6.45) is 2.92. The molecule has 1 aliphatic heterocycles. The first-order valence-corrected chi connectivity index (χ1v) is 8.45. The third kappa shape index (κ3) is 3.69. The number of halogens is 2. The zero-order valence-electron chi connectivity index (χ0n) is 13.3. The Labute approximate surface area is 146 Å². The fourth-order valence-corrected chi connectivity index (χ4v) is 3.50. The number of hydrogen-bond acceptors (Lipinski definition) is 4. The minimum atomic E-state index is 0.119. The Hall–Kier alpha value is -1.14. The molecule has 3 rings (SSSR count). The molecule has 1 aromatic carbocycles. The van der Waals surface area contributed by atoms with Crippen molar-refractivity contribution in [3.05, 3.63) is 40.1 Å². The monoisotopic (exact) mass is 353 g/mol. The van der Waals surface area contributed by atoms with Crippen molar-refractivity contribution in [3.63, 3.8) is 0 Å². The summed E-state index contributed by atoms with van der Waals surface area (Å²) in [6.45, 7) is 7.14. The van der Waals surface area contributed by atoms with E-state index in [1.165, 1.54) is 0 Å². The third-order valence-electron chi connectivity index (χ3n) is 4.47. The van der Waals surface area contributed by atoms with Crippen molar-refractivity contribution in [2.75, 3.05) is 13.1 Å². The maximum atomic E-state index is 6.22. The molecule has 1 unspecified atom stereocenters. The first-order valence-electron chi connectivity index (χ1n) is 7.70. The number of rotatable bonds is 3. The average Bonchev–Trinajstić information content (AvgIpc) is 2.91. The lowest BCUT2D eigenvalue weighted by Crippen LogP contribution is -2.52. The first kappa shape index (κ1) is 16.7. The van der Waals surface area contributed by atoms with Gasteiger partial charge in [0.2, 0.25) is 0 Å². The third-order valence-corrected chi connectivity index (χ3v) is 5.01. The van der Waals surface area contributed by atoms with Gasteiger partial charge in [0.15, 0.2) is 0 Å². The maximum Gasteiger partial charge on any atom is 0.0971 e. The number of benzene rings is 1. The van der Waals surface area contributed by atoms with Crippen LogP contribution in [0.2, 0.25) is 10.0 Å². The molecule has 7 heteroatoms. The van der Waals surface area contributed by atoms with Gasteiger partial charge in [0.1, 0.15) is 0 Å². The second-order valence-corrected chi connectivity index (χ2v) is 7.69. The smallest absolute Gasteiger partial charge is 0.0971 e. The summed E-state index contributed by atoms with van der Waals surface area (Å²) in [5.41, 5.74) is 8.00. The molecule has 0 radical (unpaired) electrons. The van der Waals surface area contributed by atoms with E-state index in [1.807, 2.05) is 12.3 Å². The zero-order chi connectivity index (χ0) is 16.6. The molecular weight excluding hydrogens is 333 g/mol. The molecule has 0 saturated carbocycles. The number of hydrogen-bond donors (Lipinski definition) is 1. The topological polar surface area (TPSA) is 60.0 Å². The molecule has 23 heavy (non-hydrogen) atoms. The van der Waals surface area contributed by atoms with Gasteiger partial charge in [-0.2, -0.15) is 0 Å². The molecule has 2 N–H and O–H groups in total. The molecule has 1 saturated heterocycles. The molecule has 1 aliphatic rings. The fourth-order valence-electron chi connectivity index (χ4n) is 3.00. The molecule has 0 bridgehead atoms. The molecule has 0 amide bonds. The van der Waals surface area contributed by atoms with Crippen molar-refractivity contribution >= 4 is 23.2 Å². The molecule has 124 valence electrons. The van der Waals surface area contributed by atoms with Gasteiger partial charge in [-0.3, -0.25) is 4.90 Å². The largest absolute Gasteiger partial charge is 0.327 e. The summed E-state index contributed by atoms with van der Waals surface area (Å²) >= 11 is 12.2. The molecule has 2 aromatic rings. The summed E-state index contributed by atoms with van der Waals surface area (Å²) < 4.78 is 1.69. The van der Waals surface area contributed by atoms with Crippen LogP contribution in [0.4, 0.5) is 0 Å². The lowest BCUT2D eigenvalue weighted by molar-refractivity contribution is 0.0889. The van der Waals surface area contributed by atoms with Gasteiger partial charge in [0, 0.05) is 30.7 Å². The van der Waals surface area contributed by atoms with E-state index in [0.717, 1.165) is 37.4 Å². The van der Waals surface area contributed by atoms with Crippen molar-refractivity contribution in [1.29, 1.82) is 0 Å². The van der Waals surface area contributed by atoms with Crippen LogP contribution in [0.3, 0.4) is 0 Å². The van der Waals surface area contributed by atoms with Crippen molar-refractivity contribution in [3.8, 4) is 5.69 Å². The SMILES string of the molecule is CC1(C)CN(Cc2cn(-c3ccc(Cl)cc3Cl)nn2)CCC1N. The molecule has 0 spiro atoms. The van der Waals surface area contributed by atoms with Gasteiger partial charge in [0.25, 0.3) is 0 Å². The molecule has 1 aromatic heterocycles. The van der Waals surface area contributed by atoms with Crippen LogP contribution in [-0.2, 0) is 6.54 Å². The summed E-state index contributed by atoms with van der Waals surface area (Å²) in [7, 11) is 0. The highest BCUT2D eigenvalue weighted by atomic mass is 35.5.